The maximum atomic E-state index is 13.4. The minimum atomic E-state index is -0.339. The van der Waals surface area contributed by atoms with E-state index in [1.165, 1.54) is 18.2 Å². The van der Waals surface area contributed by atoms with Crippen LogP contribution in [0, 0.1) is 25.5 Å². The fourth-order valence-electron chi connectivity index (χ4n) is 2.51. The fourth-order valence-corrected chi connectivity index (χ4v) is 2.51. The molecular weight excluding hydrogens is 378 g/mol. The lowest BCUT2D eigenvalue weighted by atomic mass is 10.2. The number of nitrogens with zero attached hydrogens (tertiary/aromatic N) is 2. The number of anilines is 2. The van der Waals surface area contributed by atoms with E-state index >= 15 is 0 Å². The van der Waals surface area contributed by atoms with Gasteiger partial charge in [0.25, 0.3) is 5.91 Å². The molecule has 150 valence electrons. The van der Waals surface area contributed by atoms with Gasteiger partial charge in [-0.1, -0.05) is 12.1 Å². The van der Waals surface area contributed by atoms with Crippen LogP contribution in [0.4, 0.5) is 20.4 Å². The number of rotatable bonds is 7. The van der Waals surface area contributed by atoms with Crippen molar-refractivity contribution in [3.63, 3.8) is 0 Å². The molecule has 0 aliphatic heterocycles. The Balaban J connectivity index is 1.57. The van der Waals surface area contributed by atoms with E-state index in [1.807, 2.05) is 0 Å². The van der Waals surface area contributed by atoms with Crippen molar-refractivity contribution in [3.05, 3.63) is 77.0 Å². The normalized spacial score (nSPS) is 10.5. The smallest absolute Gasteiger partial charge is 0.258 e. The lowest BCUT2D eigenvalue weighted by molar-refractivity contribution is -0.123. The van der Waals surface area contributed by atoms with Crippen molar-refractivity contribution in [2.75, 3.05) is 11.9 Å². The van der Waals surface area contributed by atoms with E-state index in [0.29, 0.717) is 16.9 Å². The number of aryl methyl sites for hydroxylation is 2. The van der Waals surface area contributed by atoms with Crippen LogP contribution >= 0.6 is 0 Å². The van der Waals surface area contributed by atoms with Gasteiger partial charge >= 0.3 is 0 Å². The van der Waals surface area contributed by atoms with Crippen LogP contribution in [0.15, 0.2) is 48.5 Å². The van der Waals surface area contributed by atoms with Gasteiger partial charge in [-0.05, 0) is 55.3 Å². The van der Waals surface area contributed by atoms with E-state index < -0.39 is 0 Å². The maximum Gasteiger partial charge on any atom is 0.258 e. The van der Waals surface area contributed by atoms with Crippen molar-refractivity contribution in [3.8, 4) is 5.88 Å². The van der Waals surface area contributed by atoms with Gasteiger partial charge in [0.15, 0.2) is 6.61 Å². The lowest BCUT2D eigenvalue weighted by Crippen LogP contribution is -2.28. The van der Waals surface area contributed by atoms with Gasteiger partial charge in [0.1, 0.15) is 11.6 Å². The molecule has 1 aromatic heterocycles. The molecule has 29 heavy (non-hydrogen) atoms. The Hall–Kier alpha value is -3.55. The molecule has 3 aromatic rings. The number of benzene rings is 2. The average molecular weight is 398 g/mol. The van der Waals surface area contributed by atoms with Gasteiger partial charge in [-0.3, -0.25) is 4.79 Å². The quantitative estimate of drug-likeness (QED) is 0.633. The summed E-state index contributed by atoms with van der Waals surface area (Å²) in [4.78, 5) is 20.5. The number of halogens is 2. The van der Waals surface area contributed by atoms with Crippen LogP contribution in [0.5, 0.6) is 5.88 Å². The van der Waals surface area contributed by atoms with Crippen molar-refractivity contribution < 1.29 is 18.3 Å². The molecule has 0 aliphatic carbocycles. The molecular formula is C21H20F2N4O2. The van der Waals surface area contributed by atoms with Crippen LogP contribution in [-0.4, -0.2) is 22.5 Å². The van der Waals surface area contributed by atoms with Crippen molar-refractivity contribution >= 4 is 17.5 Å². The second-order valence-electron chi connectivity index (χ2n) is 6.45. The Morgan fingerprint density at radius 1 is 1.03 bits per heavy atom. The Labute approximate surface area is 167 Å². The van der Waals surface area contributed by atoms with E-state index in [-0.39, 0.29) is 42.5 Å². The van der Waals surface area contributed by atoms with E-state index in [0.717, 1.165) is 5.56 Å². The van der Waals surface area contributed by atoms with Gasteiger partial charge in [0.2, 0.25) is 11.8 Å². The molecule has 1 amide bonds. The Morgan fingerprint density at radius 3 is 2.52 bits per heavy atom. The summed E-state index contributed by atoms with van der Waals surface area (Å²) in [6.45, 7) is 3.47. The Kier molecular flexibility index (Phi) is 6.33. The largest absolute Gasteiger partial charge is 0.467 e. The van der Waals surface area contributed by atoms with E-state index in [1.54, 1.807) is 44.2 Å². The number of hydrogen-bond donors (Lipinski definition) is 2. The Bertz CT molecular complexity index is 1010. The second-order valence-corrected chi connectivity index (χ2v) is 6.45. The predicted octanol–water partition coefficient (Wildman–Crippen LogP) is 3.81. The second kappa shape index (κ2) is 9.09. The number of nitrogens with one attached hydrogen (secondary N) is 2. The summed E-state index contributed by atoms with van der Waals surface area (Å²) in [6.07, 6.45) is 0. The van der Waals surface area contributed by atoms with Gasteiger partial charge in [-0.15, -0.1) is 0 Å². The average Bonchev–Trinajstić information content (AvgIpc) is 2.68. The zero-order valence-electron chi connectivity index (χ0n) is 16.0. The molecule has 0 bridgehead atoms. The van der Waals surface area contributed by atoms with Gasteiger partial charge in [0, 0.05) is 24.0 Å². The SMILES string of the molecule is Cc1cc(OCC(=O)NCc2ccc(F)cc2)nc(Nc2ccc(F)c(C)c2)n1. The monoisotopic (exact) mass is 398 g/mol. The molecule has 1 heterocycles. The summed E-state index contributed by atoms with van der Waals surface area (Å²) in [5.41, 5.74) is 2.55. The standard InChI is InChI=1S/C21H20F2N4O2/c1-13-9-17(7-8-18(13)23)26-21-25-14(2)10-20(27-21)29-12-19(28)24-11-15-3-5-16(22)6-4-15/h3-10H,11-12H2,1-2H3,(H,24,28)(H,25,26,27). The first-order chi connectivity index (χ1) is 13.9. The minimum Gasteiger partial charge on any atom is -0.467 e. The highest BCUT2D eigenvalue weighted by Crippen LogP contribution is 2.19. The first-order valence-electron chi connectivity index (χ1n) is 8.92. The first-order valence-corrected chi connectivity index (χ1v) is 8.92. The zero-order valence-corrected chi connectivity index (χ0v) is 16.0. The molecule has 0 fully saturated rings. The molecule has 0 atom stereocenters. The van der Waals surface area contributed by atoms with E-state index in [4.69, 9.17) is 4.74 Å². The van der Waals surface area contributed by atoms with E-state index in [9.17, 15) is 13.6 Å². The van der Waals surface area contributed by atoms with Crippen LogP contribution in [0.3, 0.4) is 0 Å². The summed E-state index contributed by atoms with van der Waals surface area (Å²) in [5.74, 6) is -0.457. The number of carbonyl (C=O) groups excluding carboxylic acids is 1. The molecule has 0 saturated heterocycles. The molecule has 2 N–H and O–H groups in total. The lowest BCUT2D eigenvalue weighted by Gasteiger charge is -2.10. The van der Waals surface area contributed by atoms with Crippen LogP contribution in [-0.2, 0) is 11.3 Å². The third-order valence-corrected chi connectivity index (χ3v) is 4.00. The molecule has 0 saturated carbocycles. The van der Waals surface area contributed by atoms with Gasteiger partial charge in [0.05, 0.1) is 0 Å². The van der Waals surface area contributed by atoms with Gasteiger partial charge in [-0.25, -0.2) is 13.8 Å². The highest BCUT2D eigenvalue weighted by Gasteiger charge is 2.08. The molecule has 0 radical (unpaired) electrons. The van der Waals surface area contributed by atoms with Gasteiger partial charge in [-0.2, -0.15) is 4.98 Å². The highest BCUT2D eigenvalue weighted by molar-refractivity contribution is 5.77. The minimum absolute atomic E-state index is 0.229. The zero-order chi connectivity index (χ0) is 20.8. The molecule has 6 nitrogen and oxygen atoms in total. The van der Waals surface area contributed by atoms with Crippen molar-refractivity contribution in [2.45, 2.75) is 20.4 Å². The number of carbonyl (C=O) groups is 1. The van der Waals surface area contributed by atoms with Crippen molar-refractivity contribution in [2.24, 2.45) is 0 Å². The third kappa shape index (κ3) is 5.97. The molecule has 0 spiro atoms. The van der Waals surface area contributed by atoms with Crippen LogP contribution in [0.25, 0.3) is 0 Å². The van der Waals surface area contributed by atoms with Crippen molar-refractivity contribution in [1.82, 2.24) is 15.3 Å². The summed E-state index contributed by atoms with van der Waals surface area (Å²) in [5, 5.41) is 5.68. The third-order valence-electron chi connectivity index (χ3n) is 4.00. The number of hydrogen-bond acceptors (Lipinski definition) is 5. The molecule has 8 heteroatoms. The number of aromatic nitrogens is 2. The summed E-state index contributed by atoms with van der Waals surface area (Å²) < 4.78 is 31.7. The summed E-state index contributed by atoms with van der Waals surface area (Å²) >= 11 is 0. The van der Waals surface area contributed by atoms with Crippen LogP contribution in [0.2, 0.25) is 0 Å². The van der Waals surface area contributed by atoms with E-state index in [2.05, 4.69) is 20.6 Å². The first kappa shape index (κ1) is 20.2. The van der Waals surface area contributed by atoms with Crippen LogP contribution in [0.1, 0.15) is 16.8 Å². The topological polar surface area (TPSA) is 76.1 Å². The van der Waals surface area contributed by atoms with Crippen LogP contribution < -0.4 is 15.4 Å². The molecule has 0 unspecified atom stereocenters. The molecule has 2 aromatic carbocycles. The highest BCUT2D eigenvalue weighted by atomic mass is 19.1. The predicted molar refractivity (Wildman–Crippen MR) is 105 cm³/mol. The number of amides is 1. The van der Waals surface area contributed by atoms with Crippen molar-refractivity contribution in [1.29, 1.82) is 0 Å². The Morgan fingerprint density at radius 2 is 1.79 bits per heavy atom. The number of ether oxygens (including phenoxy) is 1. The summed E-state index contributed by atoms with van der Waals surface area (Å²) in [6, 6.07) is 12.0. The summed E-state index contributed by atoms with van der Waals surface area (Å²) in [7, 11) is 0. The molecule has 3 rings (SSSR count). The molecule has 0 aliphatic rings. The fraction of sp³-hybridized carbons (Fsp3) is 0.190. The maximum absolute atomic E-state index is 13.4. The van der Waals surface area contributed by atoms with Gasteiger partial charge < -0.3 is 15.4 Å².